The van der Waals surface area contributed by atoms with E-state index >= 15 is 26.3 Å². The zero-order valence-electron chi connectivity index (χ0n) is 55.5. The lowest BCUT2D eigenvalue weighted by molar-refractivity contribution is -0.258. The summed E-state index contributed by atoms with van der Waals surface area (Å²) in [6.07, 6.45) is 38.4. The fraction of sp³-hybridized carbons (Fsp3) is 0.589. The summed E-state index contributed by atoms with van der Waals surface area (Å²) in [6, 6.07) is 14.2. The summed E-state index contributed by atoms with van der Waals surface area (Å²) in [6.45, 7) is 10.7. The molecule has 0 spiro atoms. The molecule has 4 aromatic rings. The van der Waals surface area contributed by atoms with Crippen LogP contribution in [-0.4, -0.2) is 59.3 Å². The molecule has 0 bridgehead atoms. The number of hydrogen-bond donors (Lipinski definition) is 6. The maximum atomic E-state index is 16.5. The molecule has 2 aromatic carbocycles. The predicted octanol–water partition coefficient (Wildman–Crippen LogP) is 21.7. The minimum absolute atomic E-state index is 0.0243. The average Bonchev–Trinajstić information content (AvgIpc) is 1.48. The number of fused-ring (bicyclic) bond motifs is 4. The Hall–Kier alpha value is -6.02. The zero-order chi connectivity index (χ0) is 66.8. The first-order valence-electron chi connectivity index (χ1n) is 34.6. The smallest absolute Gasteiger partial charge is 0.329 e. The molecule has 2 atom stereocenters. The average molecular weight is 1330 g/mol. The molecular weight excluding hydrogens is 1230 g/mol. The molecule has 12 nitrogen and oxygen atoms in total. The van der Waals surface area contributed by atoms with Crippen molar-refractivity contribution in [2.75, 3.05) is 21.3 Å². The highest BCUT2D eigenvalue weighted by molar-refractivity contribution is 8.14. The topological polar surface area (TPSA) is 174 Å². The van der Waals surface area contributed by atoms with Gasteiger partial charge in [0.25, 0.3) is 11.1 Å². The number of halogens is 6. The number of allylic oxidation sites excluding steroid dienone is 4. The van der Waals surface area contributed by atoms with Crippen molar-refractivity contribution in [2.45, 2.75) is 274 Å². The van der Waals surface area contributed by atoms with Gasteiger partial charge in [0.2, 0.25) is 11.9 Å². The number of rotatable bonds is 38. The van der Waals surface area contributed by atoms with E-state index in [1.54, 1.807) is 62.4 Å². The first kappa shape index (κ1) is 72.8. The Morgan fingerprint density at radius 1 is 0.419 bits per heavy atom. The Morgan fingerprint density at radius 3 is 0.989 bits per heavy atom. The number of alkyl halides is 6. The zero-order valence-corrected chi connectivity index (χ0v) is 57.1. The summed E-state index contributed by atoms with van der Waals surface area (Å²) >= 11 is 2.28. The fourth-order valence-electron chi connectivity index (χ4n) is 13.8. The van der Waals surface area contributed by atoms with Crippen molar-refractivity contribution >= 4 is 68.7 Å². The third-order valence-corrected chi connectivity index (χ3v) is 22.7. The molecular formula is C73H98F6N8O4S2. The molecule has 1 fully saturated rings. The van der Waals surface area contributed by atoms with Crippen LogP contribution in [0.3, 0.4) is 0 Å². The molecule has 4 amide bonds. The lowest BCUT2D eigenvalue weighted by Crippen LogP contribution is -2.49. The Morgan fingerprint density at radius 2 is 0.699 bits per heavy atom. The summed E-state index contributed by atoms with van der Waals surface area (Å²) in [5.41, 5.74) is -1.14. The van der Waals surface area contributed by atoms with Crippen LogP contribution in [0.15, 0.2) is 104 Å². The maximum Gasteiger partial charge on any atom is 0.380 e. The molecule has 8 rings (SSSR count). The van der Waals surface area contributed by atoms with Crippen LogP contribution < -0.4 is 32.4 Å². The van der Waals surface area contributed by atoms with Crippen molar-refractivity contribution in [2.24, 2.45) is 0 Å². The number of nitrogens with one attached hydrogen (secondary N) is 6. The first-order valence-corrected chi connectivity index (χ1v) is 36.2. The number of aromatic amines is 2. The van der Waals surface area contributed by atoms with Crippen LogP contribution in [0.4, 0.5) is 59.2 Å². The van der Waals surface area contributed by atoms with E-state index in [0.29, 0.717) is 56.5 Å². The van der Waals surface area contributed by atoms with E-state index < -0.39 is 61.6 Å². The molecule has 2 aliphatic carbocycles. The van der Waals surface area contributed by atoms with Crippen LogP contribution in [0.25, 0.3) is 9.81 Å². The van der Waals surface area contributed by atoms with Gasteiger partial charge in [-0.15, -0.1) is 23.5 Å². The molecule has 2 unspecified atom stereocenters. The summed E-state index contributed by atoms with van der Waals surface area (Å²) in [7, 11) is 0. The summed E-state index contributed by atoms with van der Waals surface area (Å²) in [5.74, 6) is -16.3. The van der Waals surface area contributed by atoms with E-state index in [9.17, 15) is 19.2 Å². The normalized spacial score (nSPS) is 19.3. The Labute approximate surface area is 554 Å². The lowest BCUT2D eigenvalue weighted by Gasteiger charge is -2.48. The van der Waals surface area contributed by atoms with E-state index in [0.717, 1.165) is 62.0 Å². The van der Waals surface area contributed by atoms with Crippen molar-refractivity contribution in [1.29, 1.82) is 0 Å². The van der Waals surface area contributed by atoms with E-state index in [1.165, 1.54) is 180 Å². The monoisotopic (exact) mass is 1330 g/mol. The number of anilines is 4. The van der Waals surface area contributed by atoms with Crippen LogP contribution in [-0.2, 0) is 12.8 Å². The largest absolute Gasteiger partial charge is 0.380 e. The first-order chi connectivity index (χ1) is 44.6. The fourth-order valence-corrected chi connectivity index (χ4v) is 17.2. The number of H-pyrrole nitrogens is 2. The Bertz CT molecular complexity index is 3230. The van der Waals surface area contributed by atoms with Crippen molar-refractivity contribution in [3.8, 4) is 0 Å². The molecule has 4 aliphatic rings. The van der Waals surface area contributed by atoms with Gasteiger partial charge in [0.1, 0.15) is 0 Å². The molecule has 93 heavy (non-hydrogen) atoms. The minimum atomic E-state index is -5.76. The number of thioether (sulfide) groups is 2. The summed E-state index contributed by atoms with van der Waals surface area (Å²) < 4.78 is 94.9. The van der Waals surface area contributed by atoms with Gasteiger partial charge in [-0.2, -0.15) is 36.3 Å². The minimum Gasteiger partial charge on any atom is -0.329 e. The highest BCUT2D eigenvalue weighted by Gasteiger charge is 2.85. The molecule has 1 saturated carbocycles. The number of hydrogen-bond acceptors (Lipinski definition) is 8. The summed E-state index contributed by atoms with van der Waals surface area (Å²) in [5, 5.41) is 10.6. The number of carbonyl (C=O) groups is 2. The molecule has 2 aliphatic heterocycles. The van der Waals surface area contributed by atoms with Crippen LogP contribution >= 0.6 is 23.5 Å². The van der Waals surface area contributed by atoms with Gasteiger partial charge < -0.3 is 20.6 Å². The van der Waals surface area contributed by atoms with Crippen molar-refractivity contribution in [3.05, 3.63) is 137 Å². The molecule has 0 saturated heterocycles. The molecule has 4 heterocycles. The highest BCUT2D eigenvalue weighted by Crippen LogP contribution is 2.77. The quantitative estimate of drug-likeness (QED) is 0.0190. The molecule has 20 heteroatoms. The number of aryl methyl sites for hydroxylation is 2. The number of unbranched alkanes of at least 4 members (excludes halogenated alkanes) is 28. The molecule has 2 aromatic heterocycles. The Balaban J connectivity index is 0.856. The van der Waals surface area contributed by atoms with Gasteiger partial charge in [0.15, 0.2) is 0 Å². The van der Waals surface area contributed by atoms with Gasteiger partial charge in [0.05, 0.1) is 9.49 Å². The molecule has 508 valence electrons. The second-order valence-electron chi connectivity index (χ2n) is 26.3. The van der Waals surface area contributed by atoms with Crippen LogP contribution in [0.5, 0.6) is 0 Å². The molecule has 0 radical (unpaired) electrons. The van der Waals surface area contributed by atoms with Crippen LogP contribution in [0.2, 0.25) is 0 Å². The van der Waals surface area contributed by atoms with E-state index in [1.807, 2.05) is 0 Å². The van der Waals surface area contributed by atoms with Gasteiger partial charge in [-0.3, -0.25) is 20.2 Å². The number of aromatic nitrogens is 4. The van der Waals surface area contributed by atoms with E-state index in [4.69, 9.17) is 0 Å². The summed E-state index contributed by atoms with van der Waals surface area (Å²) in [4.78, 5) is 66.5. The van der Waals surface area contributed by atoms with E-state index in [-0.39, 0.29) is 34.2 Å². The van der Waals surface area contributed by atoms with Gasteiger partial charge in [0, 0.05) is 55.9 Å². The van der Waals surface area contributed by atoms with Gasteiger partial charge >= 0.3 is 29.8 Å². The second kappa shape index (κ2) is 33.6. The predicted molar refractivity (Wildman–Crippen MR) is 371 cm³/mol. The van der Waals surface area contributed by atoms with Gasteiger partial charge in [-0.05, 0) is 111 Å². The SMILES string of the molecule is CCCCCCCCCCCCCCCCCc1cc(=O)nc(NC(=O)Nc2ccc(C3=C(C)C4=C5C(=C6C(C)=C(c7ccc(NC(=O)Nc8nc(=O)cc(CCCCCCCCCCCCCCCCC)[nH]8)cc7)SC6(C)C4(C)S3)C(F)(F)C(F)(F)C5(F)F)cc2)[nH]1. The third-order valence-electron chi connectivity index (χ3n) is 19.0. The lowest BCUT2D eigenvalue weighted by atomic mass is 9.68. The van der Waals surface area contributed by atoms with Gasteiger partial charge in [-0.1, -0.05) is 218 Å². The number of urea groups is 2. The van der Waals surface area contributed by atoms with Crippen molar-refractivity contribution in [3.63, 3.8) is 0 Å². The van der Waals surface area contributed by atoms with Gasteiger partial charge in [-0.25, -0.2) is 9.59 Å². The van der Waals surface area contributed by atoms with Crippen molar-refractivity contribution < 1.29 is 35.9 Å². The van der Waals surface area contributed by atoms with E-state index in [2.05, 4.69) is 55.1 Å². The standard InChI is InChI=1S/C73H98F6N8O4S2/c1-7-9-11-13-15-17-19-21-23-25-27-29-31-33-35-37-55-47-57(88)84-65(80-55)86-67(90)82-53-43-39-51(40-44-53)63-49(3)59-61-62(72(76,77)73(78,79)71(61,74)75)60-50(4)64(93-70(60,6)69(59,5)92-63)52-41-45-54(46-42-52)83-68(91)87-66-81-56(48-58(89)85-66)38-36-34-32-30-28-26-24-22-20-18-16-14-12-10-8-2/h39-48H,7-38H2,1-6H3,(H3,80,82,84,86,88,90)(H3,81,83,85,87,89,91). The maximum absolute atomic E-state index is 16.5. The number of amides is 4. The molecule has 6 N–H and O–H groups in total. The van der Waals surface area contributed by atoms with Crippen molar-refractivity contribution in [1.82, 2.24) is 19.9 Å². The van der Waals surface area contributed by atoms with Crippen LogP contribution in [0, 0.1) is 0 Å². The number of benzene rings is 2. The number of carbonyl (C=O) groups excluding carboxylic acids is 2. The van der Waals surface area contributed by atoms with Crippen LogP contribution in [0.1, 0.15) is 257 Å². The Kier molecular flexibility index (Phi) is 26.3. The second-order valence-corrected chi connectivity index (χ2v) is 29.2. The number of nitrogens with zero attached hydrogens (tertiary/aromatic N) is 2. The highest BCUT2D eigenvalue weighted by atomic mass is 32.2. The third kappa shape index (κ3) is 17.7.